The maximum absolute atomic E-state index is 13.0. The number of rotatable bonds is 8. The van der Waals surface area contributed by atoms with Gasteiger partial charge in [0.25, 0.3) is 0 Å². The Morgan fingerprint density at radius 3 is 2.39 bits per heavy atom. The van der Waals surface area contributed by atoms with Crippen LogP contribution >= 0.6 is 23.1 Å². The van der Waals surface area contributed by atoms with Crippen LogP contribution in [0.5, 0.6) is 0 Å². The first-order valence-electron chi connectivity index (χ1n) is 11.6. The number of carbonyl (C=O) groups excluding carboxylic acids is 3. The minimum atomic E-state index is -0.499. The largest absolute Gasteiger partial charge is 0.465 e. The van der Waals surface area contributed by atoms with Crippen molar-refractivity contribution in [3.63, 3.8) is 0 Å². The van der Waals surface area contributed by atoms with Gasteiger partial charge >= 0.3 is 5.97 Å². The number of hydrogen-bond acceptors (Lipinski definition) is 6. The molecule has 36 heavy (non-hydrogen) atoms. The number of hydrogen-bond donors (Lipinski definition) is 2. The Bertz CT molecular complexity index is 1240. The molecular weight excluding hydrogens is 492 g/mol. The molecule has 0 aliphatic carbocycles. The molecule has 3 aromatic rings. The van der Waals surface area contributed by atoms with Crippen LogP contribution in [-0.2, 0) is 14.3 Å². The van der Waals surface area contributed by atoms with Crippen molar-refractivity contribution in [1.29, 1.82) is 0 Å². The summed E-state index contributed by atoms with van der Waals surface area (Å²) in [4.78, 5) is 38.8. The van der Waals surface area contributed by atoms with E-state index in [4.69, 9.17) is 4.74 Å². The first-order valence-corrected chi connectivity index (χ1v) is 13.4. The van der Waals surface area contributed by atoms with Crippen LogP contribution in [0.2, 0.25) is 0 Å². The molecule has 6 nitrogen and oxygen atoms in total. The molecule has 3 rings (SSSR count). The highest BCUT2D eigenvalue weighted by atomic mass is 32.2. The molecule has 0 bridgehead atoms. The minimum Gasteiger partial charge on any atom is -0.465 e. The fourth-order valence-electron chi connectivity index (χ4n) is 3.51. The lowest BCUT2D eigenvalue weighted by Gasteiger charge is -2.17. The van der Waals surface area contributed by atoms with Crippen molar-refractivity contribution in [3.05, 3.63) is 65.0 Å². The lowest BCUT2D eigenvalue weighted by molar-refractivity contribution is -0.118. The van der Waals surface area contributed by atoms with Crippen LogP contribution in [0.1, 0.15) is 50.0 Å². The number of esters is 1. The second-order valence-electron chi connectivity index (χ2n) is 9.77. The molecule has 2 amide bonds. The van der Waals surface area contributed by atoms with Crippen LogP contribution in [0, 0.1) is 12.3 Å². The van der Waals surface area contributed by atoms with Crippen molar-refractivity contribution in [2.75, 3.05) is 17.7 Å². The fraction of sp³-hybridized carbons (Fsp3) is 0.321. The first kappa shape index (κ1) is 27.5. The van der Waals surface area contributed by atoms with E-state index in [0.717, 1.165) is 21.6 Å². The number of ether oxygens (including phenoxy) is 1. The molecule has 190 valence electrons. The molecule has 0 fully saturated rings. The molecule has 0 aliphatic rings. The number of nitrogens with one attached hydrogen (secondary N) is 2. The summed E-state index contributed by atoms with van der Waals surface area (Å²) < 4.78 is 5.01. The molecule has 0 radical (unpaired) electrons. The summed E-state index contributed by atoms with van der Waals surface area (Å²) in [7, 11) is 1.33. The third-order valence-electron chi connectivity index (χ3n) is 5.27. The van der Waals surface area contributed by atoms with Gasteiger partial charge in [0.15, 0.2) is 0 Å². The van der Waals surface area contributed by atoms with E-state index in [1.165, 1.54) is 30.2 Å². The van der Waals surface area contributed by atoms with Crippen LogP contribution in [-0.4, -0.2) is 30.1 Å². The zero-order chi connectivity index (χ0) is 26.5. The van der Waals surface area contributed by atoms with E-state index in [9.17, 15) is 14.4 Å². The van der Waals surface area contributed by atoms with Crippen molar-refractivity contribution in [2.45, 2.75) is 51.2 Å². The number of carbonyl (C=O) groups is 3. The van der Waals surface area contributed by atoms with Gasteiger partial charge in [-0.15, -0.1) is 23.1 Å². The maximum Gasteiger partial charge on any atom is 0.341 e. The molecular formula is C28H32N2O4S2. The number of methoxy groups -OCH3 is 1. The summed E-state index contributed by atoms with van der Waals surface area (Å²) >= 11 is 2.67. The number of aryl methyl sites for hydroxylation is 1. The van der Waals surface area contributed by atoms with Gasteiger partial charge in [-0.25, -0.2) is 4.79 Å². The first-order chi connectivity index (χ1) is 17.0. The lowest BCUT2D eigenvalue weighted by atomic mass is 9.92. The molecule has 1 heterocycles. The molecule has 0 spiro atoms. The van der Waals surface area contributed by atoms with Gasteiger partial charge in [-0.1, -0.05) is 56.7 Å². The van der Waals surface area contributed by atoms with Crippen LogP contribution in [0.3, 0.4) is 0 Å². The van der Waals surface area contributed by atoms with Crippen LogP contribution in [0.4, 0.5) is 10.7 Å². The summed E-state index contributed by atoms with van der Waals surface area (Å²) in [6.45, 7) is 9.85. The minimum absolute atomic E-state index is 0.0483. The van der Waals surface area contributed by atoms with Crippen molar-refractivity contribution in [3.8, 4) is 11.1 Å². The Labute approximate surface area is 220 Å². The van der Waals surface area contributed by atoms with E-state index in [-0.39, 0.29) is 17.2 Å². The van der Waals surface area contributed by atoms with Gasteiger partial charge in [-0.3, -0.25) is 9.59 Å². The van der Waals surface area contributed by atoms with E-state index in [1.807, 2.05) is 81.6 Å². The Hall–Kier alpha value is -3.10. The van der Waals surface area contributed by atoms with Gasteiger partial charge in [-0.2, -0.15) is 0 Å². The lowest BCUT2D eigenvalue weighted by Crippen LogP contribution is -2.23. The predicted molar refractivity (Wildman–Crippen MR) is 149 cm³/mol. The summed E-state index contributed by atoms with van der Waals surface area (Å²) in [5, 5.41) is 7.70. The zero-order valence-corrected chi connectivity index (χ0v) is 23.1. The third-order valence-corrected chi connectivity index (χ3v) is 7.26. The summed E-state index contributed by atoms with van der Waals surface area (Å²) in [6, 6.07) is 15.3. The SMILES string of the molecule is COC(=O)c1c(-c2ccc(C)cc2)csc1NC(=O)C(C)Sc1cccc(NC(=O)CC(C)(C)C)c1. The molecule has 0 saturated heterocycles. The number of thioether (sulfide) groups is 1. The van der Waals surface area contributed by atoms with Gasteiger partial charge in [-0.05, 0) is 43.0 Å². The van der Waals surface area contributed by atoms with Gasteiger partial charge in [0.1, 0.15) is 10.6 Å². The highest BCUT2D eigenvalue weighted by Gasteiger charge is 2.24. The summed E-state index contributed by atoms with van der Waals surface area (Å²) in [5.41, 5.74) is 3.65. The van der Waals surface area contributed by atoms with Crippen LogP contribution in [0.25, 0.3) is 11.1 Å². The maximum atomic E-state index is 13.0. The molecule has 1 unspecified atom stereocenters. The molecule has 0 aliphatic heterocycles. The Morgan fingerprint density at radius 2 is 1.75 bits per heavy atom. The number of thiophene rings is 1. The Morgan fingerprint density at radius 1 is 1.06 bits per heavy atom. The average molecular weight is 525 g/mol. The molecule has 2 aromatic carbocycles. The topological polar surface area (TPSA) is 84.5 Å². The third kappa shape index (κ3) is 7.45. The van der Waals surface area contributed by atoms with Gasteiger partial charge in [0, 0.05) is 27.9 Å². The number of anilines is 2. The van der Waals surface area contributed by atoms with Crippen molar-refractivity contribution in [2.24, 2.45) is 5.41 Å². The standard InChI is InChI=1S/C28H32N2O4S2/c1-17-10-12-19(13-11-17)22-16-35-26(24(22)27(33)34-6)30-25(32)18(2)36-21-9-7-8-20(14-21)29-23(31)15-28(3,4)5/h7-14,16,18H,15H2,1-6H3,(H,29,31)(H,30,32). The predicted octanol–water partition coefficient (Wildman–Crippen LogP) is 7.00. The smallest absolute Gasteiger partial charge is 0.341 e. The number of benzene rings is 2. The second-order valence-corrected chi connectivity index (χ2v) is 12.1. The van der Waals surface area contributed by atoms with Crippen molar-refractivity contribution < 1.29 is 19.1 Å². The van der Waals surface area contributed by atoms with Crippen LogP contribution in [0.15, 0.2) is 58.8 Å². The van der Waals surface area contributed by atoms with Gasteiger partial charge < -0.3 is 15.4 Å². The monoisotopic (exact) mass is 524 g/mol. The van der Waals surface area contributed by atoms with Gasteiger partial charge in [0.2, 0.25) is 11.8 Å². The molecule has 1 atom stereocenters. The molecule has 8 heteroatoms. The van der Waals surface area contributed by atoms with E-state index in [1.54, 1.807) is 6.92 Å². The van der Waals surface area contributed by atoms with E-state index in [2.05, 4.69) is 10.6 Å². The Balaban J connectivity index is 1.72. The van der Waals surface area contributed by atoms with Crippen molar-refractivity contribution >= 4 is 51.6 Å². The van der Waals surface area contributed by atoms with Crippen molar-refractivity contribution in [1.82, 2.24) is 0 Å². The Kier molecular flexibility index (Phi) is 8.98. The second kappa shape index (κ2) is 11.8. The summed E-state index contributed by atoms with van der Waals surface area (Å²) in [5.74, 6) is -0.779. The zero-order valence-electron chi connectivity index (χ0n) is 21.4. The van der Waals surface area contributed by atoms with E-state index >= 15 is 0 Å². The number of amides is 2. The van der Waals surface area contributed by atoms with E-state index in [0.29, 0.717) is 22.7 Å². The summed E-state index contributed by atoms with van der Waals surface area (Å²) in [6.07, 6.45) is 0.414. The average Bonchev–Trinajstić information content (AvgIpc) is 3.21. The highest BCUT2D eigenvalue weighted by molar-refractivity contribution is 8.00. The molecule has 2 N–H and O–H groups in total. The fourth-order valence-corrected chi connectivity index (χ4v) is 5.39. The quantitative estimate of drug-likeness (QED) is 0.245. The van der Waals surface area contributed by atoms with Crippen LogP contribution < -0.4 is 10.6 Å². The molecule has 0 saturated carbocycles. The normalized spacial score (nSPS) is 12.1. The van der Waals surface area contributed by atoms with Gasteiger partial charge in [0.05, 0.1) is 12.4 Å². The molecule has 1 aromatic heterocycles. The highest BCUT2D eigenvalue weighted by Crippen LogP contribution is 2.37. The van der Waals surface area contributed by atoms with E-state index < -0.39 is 11.2 Å².